The number of aromatic nitrogens is 2. The summed E-state index contributed by atoms with van der Waals surface area (Å²) in [5, 5.41) is 12.7. The number of thiophene rings is 1. The fourth-order valence-corrected chi connectivity index (χ4v) is 3.40. The predicted octanol–water partition coefficient (Wildman–Crippen LogP) is 3.45. The quantitative estimate of drug-likeness (QED) is 0.788. The molecule has 3 rings (SSSR count). The lowest BCUT2D eigenvalue weighted by Gasteiger charge is -2.04. The molecule has 0 aliphatic rings. The second-order valence-corrected chi connectivity index (χ2v) is 6.25. The minimum Gasteiger partial charge on any atom is -0.311 e. The molecule has 0 aliphatic heterocycles. The van der Waals surface area contributed by atoms with E-state index in [1.807, 2.05) is 32.0 Å². The zero-order valence-corrected chi connectivity index (χ0v) is 13.3. The Morgan fingerprint density at radius 1 is 1.36 bits per heavy atom. The molecule has 0 saturated heterocycles. The van der Waals surface area contributed by atoms with Crippen LogP contribution >= 0.6 is 11.3 Å². The van der Waals surface area contributed by atoms with Gasteiger partial charge in [0.15, 0.2) is 0 Å². The maximum Gasteiger partial charge on any atom is 0.275 e. The fraction of sp³-hybridized carbons (Fsp3) is 0.188. The number of rotatable bonds is 2. The minimum atomic E-state index is -0.256. The Balaban J connectivity index is 2.03. The monoisotopic (exact) mass is 310 g/mol. The number of hydrogen-bond donors (Lipinski definition) is 1. The van der Waals surface area contributed by atoms with E-state index in [0.29, 0.717) is 22.0 Å². The van der Waals surface area contributed by atoms with Gasteiger partial charge in [-0.15, -0.1) is 11.3 Å². The number of carbonyl (C=O) groups excluding carboxylic acids is 1. The normalized spacial score (nSPS) is 10.6. The van der Waals surface area contributed by atoms with Crippen molar-refractivity contribution >= 4 is 27.9 Å². The van der Waals surface area contributed by atoms with Gasteiger partial charge in [0, 0.05) is 11.1 Å². The van der Waals surface area contributed by atoms with Crippen molar-refractivity contribution in [3.05, 3.63) is 51.8 Å². The van der Waals surface area contributed by atoms with Crippen LogP contribution in [0.4, 0.5) is 5.00 Å². The molecule has 110 valence electrons. The number of carbonyl (C=O) groups is 1. The average molecular weight is 310 g/mol. The van der Waals surface area contributed by atoms with E-state index in [9.17, 15) is 10.1 Å². The van der Waals surface area contributed by atoms with Gasteiger partial charge in [-0.25, -0.2) is 4.98 Å². The highest BCUT2D eigenvalue weighted by atomic mass is 32.1. The maximum atomic E-state index is 12.6. The number of hydrogen-bond acceptors (Lipinski definition) is 4. The van der Waals surface area contributed by atoms with E-state index < -0.39 is 0 Å². The molecule has 0 spiro atoms. The molecule has 0 atom stereocenters. The number of fused-ring (bicyclic) bond motifs is 1. The van der Waals surface area contributed by atoms with Crippen LogP contribution in [0.15, 0.2) is 24.4 Å². The second kappa shape index (κ2) is 5.28. The first-order chi connectivity index (χ1) is 10.5. The Hall–Kier alpha value is -2.65. The van der Waals surface area contributed by atoms with E-state index in [1.165, 1.54) is 11.3 Å². The van der Waals surface area contributed by atoms with Crippen LogP contribution in [0.1, 0.15) is 32.2 Å². The summed E-state index contributed by atoms with van der Waals surface area (Å²) in [6, 6.07) is 7.74. The number of aryl methyl sites for hydroxylation is 2. The SMILES string of the molecule is Cc1nc2ccccn2c1C(=O)Nc1sc(C)c(C)c1C#N. The number of pyridine rings is 1. The van der Waals surface area contributed by atoms with Gasteiger partial charge in [-0.2, -0.15) is 5.26 Å². The van der Waals surface area contributed by atoms with Crippen LogP contribution in [0, 0.1) is 32.1 Å². The van der Waals surface area contributed by atoms with Crippen molar-refractivity contribution in [1.29, 1.82) is 5.26 Å². The van der Waals surface area contributed by atoms with Gasteiger partial charge in [-0.1, -0.05) is 6.07 Å². The molecular weight excluding hydrogens is 296 g/mol. The van der Waals surface area contributed by atoms with Crippen molar-refractivity contribution in [3.63, 3.8) is 0 Å². The van der Waals surface area contributed by atoms with Crippen LogP contribution in [0.2, 0.25) is 0 Å². The van der Waals surface area contributed by atoms with E-state index in [-0.39, 0.29) is 5.91 Å². The highest BCUT2D eigenvalue weighted by molar-refractivity contribution is 7.16. The van der Waals surface area contributed by atoms with E-state index in [4.69, 9.17) is 0 Å². The van der Waals surface area contributed by atoms with Gasteiger partial charge >= 0.3 is 0 Å². The molecule has 5 nitrogen and oxygen atoms in total. The van der Waals surface area contributed by atoms with Crippen LogP contribution in [0.25, 0.3) is 5.65 Å². The van der Waals surface area contributed by atoms with Gasteiger partial charge in [-0.3, -0.25) is 9.20 Å². The van der Waals surface area contributed by atoms with Gasteiger partial charge in [0.1, 0.15) is 22.4 Å². The number of nitrogens with zero attached hydrogens (tertiary/aromatic N) is 3. The summed E-state index contributed by atoms with van der Waals surface area (Å²) < 4.78 is 1.75. The third kappa shape index (κ3) is 2.16. The van der Waals surface area contributed by atoms with Crippen molar-refractivity contribution in [3.8, 4) is 6.07 Å². The molecule has 22 heavy (non-hydrogen) atoms. The summed E-state index contributed by atoms with van der Waals surface area (Å²) in [7, 11) is 0. The summed E-state index contributed by atoms with van der Waals surface area (Å²) in [6.07, 6.45) is 1.81. The maximum absolute atomic E-state index is 12.6. The molecule has 0 fully saturated rings. The zero-order valence-electron chi connectivity index (χ0n) is 12.5. The molecule has 0 unspecified atom stereocenters. The van der Waals surface area contributed by atoms with Gasteiger partial charge in [0.05, 0.1) is 11.3 Å². The molecular formula is C16H14N4OS. The smallest absolute Gasteiger partial charge is 0.275 e. The number of amides is 1. The first-order valence-electron chi connectivity index (χ1n) is 6.78. The molecule has 3 heterocycles. The van der Waals surface area contributed by atoms with E-state index >= 15 is 0 Å². The standard InChI is InChI=1S/C16H14N4OS/c1-9-11(3)22-16(12(9)8-17)19-15(21)14-10(2)18-13-6-4-5-7-20(13)14/h4-7H,1-3H3,(H,19,21). The highest BCUT2D eigenvalue weighted by Crippen LogP contribution is 2.32. The van der Waals surface area contributed by atoms with E-state index in [0.717, 1.165) is 16.1 Å². The first-order valence-corrected chi connectivity index (χ1v) is 7.59. The van der Waals surface area contributed by atoms with E-state index in [1.54, 1.807) is 17.5 Å². The van der Waals surface area contributed by atoms with Crippen molar-refractivity contribution in [2.75, 3.05) is 5.32 Å². The lowest BCUT2D eigenvalue weighted by molar-refractivity contribution is 0.102. The minimum absolute atomic E-state index is 0.256. The van der Waals surface area contributed by atoms with Crippen molar-refractivity contribution in [2.45, 2.75) is 20.8 Å². The molecule has 0 aromatic carbocycles. The van der Waals surface area contributed by atoms with Crippen LogP contribution in [-0.4, -0.2) is 15.3 Å². The average Bonchev–Trinajstić information content (AvgIpc) is 2.95. The van der Waals surface area contributed by atoms with Gasteiger partial charge < -0.3 is 5.32 Å². The topological polar surface area (TPSA) is 70.2 Å². The molecule has 0 bridgehead atoms. The Labute approximate surface area is 131 Å². The number of nitriles is 1. The van der Waals surface area contributed by atoms with Gasteiger partial charge in [-0.05, 0) is 38.5 Å². The third-order valence-electron chi connectivity index (χ3n) is 3.64. The number of imidazole rings is 1. The molecule has 1 N–H and O–H groups in total. The molecule has 1 amide bonds. The van der Waals surface area contributed by atoms with E-state index in [2.05, 4.69) is 16.4 Å². The number of anilines is 1. The van der Waals surface area contributed by atoms with Crippen LogP contribution < -0.4 is 5.32 Å². The fourth-order valence-electron chi connectivity index (χ4n) is 2.40. The molecule has 0 saturated carbocycles. The van der Waals surface area contributed by atoms with Crippen molar-refractivity contribution in [1.82, 2.24) is 9.38 Å². The highest BCUT2D eigenvalue weighted by Gasteiger charge is 2.20. The van der Waals surface area contributed by atoms with Crippen molar-refractivity contribution in [2.24, 2.45) is 0 Å². The molecule has 3 aromatic rings. The summed E-state index contributed by atoms with van der Waals surface area (Å²) in [5.41, 5.74) is 3.32. The Morgan fingerprint density at radius 3 is 2.86 bits per heavy atom. The summed E-state index contributed by atoms with van der Waals surface area (Å²) >= 11 is 1.42. The number of nitrogens with one attached hydrogen (secondary N) is 1. The molecule has 6 heteroatoms. The zero-order chi connectivity index (χ0) is 15.9. The van der Waals surface area contributed by atoms with Gasteiger partial charge in [0.25, 0.3) is 5.91 Å². The molecule has 3 aromatic heterocycles. The Bertz CT molecular complexity index is 930. The summed E-state index contributed by atoms with van der Waals surface area (Å²) in [6.45, 7) is 5.63. The van der Waals surface area contributed by atoms with Gasteiger partial charge in [0.2, 0.25) is 0 Å². The first kappa shape index (κ1) is 14.3. The summed E-state index contributed by atoms with van der Waals surface area (Å²) in [4.78, 5) is 18.0. The van der Waals surface area contributed by atoms with Crippen LogP contribution in [0.3, 0.4) is 0 Å². The Kier molecular flexibility index (Phi) is 3.43. The van der Waals surface area contributed by atoms with Crippen molar-refractivity contribution < 1.29 is 4.79 Å². The van der Waals surface area contributed by atoms with Crippen LogP contribution in [-0.2, 0) is 0 Å². The largest absolute Gasteiger partial charge is 0.311 e. The predicted molar refractivity (Wildman–Crippen MR) is 86.4 cm³/mol. The third-order valence-corrected chi connectivity index (χ3v) is 4.77. The van der Waals surface area contributed by atoms with Crippen LogP contribution in [0.5, 0.6) is 0 Å². The lowest BCUT2D eigenvalue weighted by Crippen LogP contribution is -2.15. The molecule has 0 radical (unpaired) electrons. The molecule has 0 aliphatic carbocycles. The Morgan fingerprint density at radius 2 is 2.14 bits per heavy atom. The lowest BCUT2D eigenvalue weighted by atomic mass is 10.2. The second-order valence-electron chi connectivity index (χ2n) is 5.03. The summed E-state index contributed by atoms with van der Waals surface area (Å²) in [5.74, 6) is -0.256.